The van der Waals surface area contributed by atoms with Crippen molar-refractivity contribution in [1.29, 1.82) is 0 Å². The number of aromatic amines is 2. The number of aliphatic carboxylic acids is 1. The molecule has 0 radical (unpaired) electrons. The van der Waals surface area contributed by atoms with Crippen LogP contribution < -0.4 is 11.0 Å². The topological polar surface area (TPSA) is 149 Å². The number of H-pyrrole nitrogens is 2. The van der Waals surface area contributed by atoms with Crippen LogP contribution in [0.25, 0.3) is 0 Å². The van der Waals surface area contributed by atoms with E-state index in [2.05, 4.69) is 15.3 Å². The predicted octanol–water partition coefficient (Wildman–Crippen LogP) is -1.68. The second-order valence-corrected chi connectivity index (χ2v) is 6.20. The third-order valence-corrected chi connectivity index (χ3v) is 3.20. The van der Waals surface area contributed by atoms with Crippen LogP contribution in [0.2, 0.25) is 0 Å². The number of hydrogen-bond donors (Lipinski definition) is 4. The number of carbonyl (C=O) groups excluding carboxylic acids is 1. The summed E-state index contributed by atoms with van der Waals surface area (Å²) < 4.78 is 21.9. The zero-order valence-electron chi connectivity index (χ0n) is 9.97. The monoisotopic (exact) mass is 291 g/mol. The number of rotatable bonds is 6. The van der Waals surface area contributed by atoms with Crippen LogP contribution in [0.3, 0.4) is 0 Å². The van der Waals surface area contributed by atoms with E-state index >= 15 is 0 Å². The highest BCUT2D eigenvalue weighted by Gasteiger charge is 2.22. The minimum Gasteiger partial charge on any atom is -0.480 e. The number of hydrogen-bond acceptors (Lipinski definition) is 5. The number of aromatic nitrogens is 2. The minimum atomic E-state index is -3.33. The molecule has 0 aliphatic rings. The van der Waals surface area contributed by atoms with Gasteiger partial charge in [0, 0.05) is 12.5 Å². The van der Waals surface area contributed by atoms with Crippen molar-refractivity contribution in [2.75, 3.05) is 12.0 Å². The molecule has 19 heavy (non-hydrogen) atoms. The van der Waals surface area contributed by atoms with Gasteiger partial charge in [-0.1, -0.05) is 0 Å². The maximum atomic E-state index is 11.6. The Labute approximate surface area is 108 Å². The van der Waals surface area contributed by atoms with Gasteiger partial charge in [0.05, 0.1) is 5.75 Å². The standard InChI is InChI=1S/C9H13N3O6S/c1-19(17,18)3-2-5(8(14)15)11-7(13)6-4-10-9(16)12-6/h4-5H,2-3H2,1H3,(H,11,13)(H,14,15)(H2,10,12,16). The molecule has 1 rings (SSSR count). The molecule has 0 bridgehead atoms. The average molecular weight is 291 g/mol. The van der Waals surface area contributed by atoms with Gasteiger partial charge in [0.25, 0.3) is 5.91 Å². The quantitative estimate of drug-likeness (QED) is 0.492. The maximum absolute atomic E-state index is 11.6. The summed E-state index contributed by atoms with van der Waals surface area (Å²) in [5, 5.41) is 11.0. The van der Waals surface area contributed by atoms with E-state index in [1.807, 2.05) is 0 Å². The molecule has 1 amide bonds. The van der Waals surface area contributed by atoms with Gasteiger partial charge in [0.15, 0.2) is 0 Å². The Morgan fingerprint density at radius 1 is 1.47 bits per heavy atom. The molecule has 1 heterocycles. The van der Waals surface area contributed by atoms with Crippen LogP contribution in [0, 0.1) is 0 Å². The first-order valence-corrected chi connectivity index (χ1v) is 7.24. The van der Waals surface area contributed by atoms with Gasteiger partial charge in [-0.2, -0.15) is 0 Å². The molecule has 0 aromatic carbocycles. The molecule has 0 aliphatic heterocycles. The first-order chi connectivity index (χ1) is 8.69. The SMILES string of the molecule is CS(=O)(=O)CCC(NC(=O)c1c[nH]c(=O)[nH]1)C(=O)O. The van der Waals surface area contributed by atoms with Crippen molar-refractivity contribution in [2.45, 2.75) is 12.5 Å². The summed E-state index contributed by atoms with van der Waals surface area (Å²) in [5.74, 6) is -2.53. The number of carboxylic acids is 1. The summed E-state index contributed by atoms with van der Waals surface area (Å²) >= 11 is 0. The molecular weight excluding hydrogens is 278 g/mol. The Morgan fingerprint density at radius 3 is 2.53 bits per heavy atom. The number of amides is 1. The summed E-state index contributed by atoms with van der Waals surface area (Å²) in [6.07, 6.45) is 1.80. The lowest BCUT2D eigenvalue weighted by Gasteiger charge is -2.13. The van der Waals surface area contributed by atoms with Crippen molar-refractivity contribution in [1.82, 2.24) is 15.3 Å². The Morgan fingerprint density at radius 2 is 2.11 bits per heavy atom. The van der Waals surface area contributed by atoms with Gasteiger partial charge in [0.2, 0.25) is 0 Å². The Bertz CT molecular complexity index is 628. The van der Waals surface area contributed by atoms with Gasteiger partial charge in [-0.05, 0) is 6.42 Å². The van der Waals surface area contributed by atoms with Crippen molar-refractivity contribution in [3.63, 3.8) is 0 Å². The number of carboxylic acid groups (broad SMARTS) is 1. The third-order valence-electron chi connectivity index (χ3n) is 2.22. The van der Waals surface area contributed by atoms with Crippen molar-refractivity contribution in [3.8, 4) is 0 Å². The fraction of sp³-hybridized carbons (Fsp3) is 0.444. The van der Waals surface area contributed by atoms with E-state index in [9.17, 15) is 22.8 Å². The molecule has 0 saturated carbocycles. The molecule has 0 fully saturated rings. The van der Waals surface area contributed by atoms with E-state index in [-0.39, 0.29) is 17.9 Å². The molecule has 0 saturated heterocycles. The largest absolute Gasteiger partial charge is 0.480 e. The van der Waals surface area contributed by atoms with E-state index in [0.29, 0.717) is 0 Å². The third kappa shape index (κ3) is 4.95. The number of carbonyl (C=O) groups is 2. The van der Waals surface area contributed by atoms with Crippen LogP contribution in [0.4, 0.5) is 0 Å². The minimum absolute atomic E-state index is 0.129. The van der Waals surface area contributed by atoms with Gasteiger partial charge in [-0.15, -0.1) is 0 Å². The van der Waals surface area contributed by atoms with Crippen LogP contribution in [0.5, 0.6) is 0 Å². The highest BCUT2D eigenvalue weighted by molar-refractivity contribution is 7.90. The lowest BCUT2D eigenvalue weighted by atomic mass is 10.2. The normalized spacial score (nSPS) is 12.9. The zero-order chi connectivity index (χ0) is 14.6. The molecule has 106 valence electrons. The Hall–Kier alpha value is -2.10. The molecule has 1 aromatic heterocycles. The zero-order valence-corrected chi connectivity index (χ0v) is 10.8. The van der Waals surface area contributed by atoms with Crippen LogP contribution >= 0.6 is 0 Å². The van der Waals surface area contributed by atoms with E-state index < -0.39 is 33.4 Å². The van der Waals surface area contributed by atoms with E-state index in [4.69, 9.17) is 5.11 Å². The highest BCUT2D eigenvalue weighted by atomic mass is 32.2. The average Bonchev–Trinajstić information content (AvgIpc) is 2.69. The van der Waals surface area contributed by atoms with E-state index in [0.717, 1.165) is 12.5 Å². The van der Waals surface area contributed by atoms with Gasteiger partial charge in [0.1, 0.15) is 21.6 Å². The molecule has 1 unspecified atom stereocenters. The fourth-order valence-electron chi connectivity index (χ4n) is 1.28. The second kappa shape index (κ2) is 5.69. The summed E-state index contributed by atoms with van der Waals surface area (Å²) in [6.45, 7) is 0. The number of nitrogens with one attached hydrogen (secondary N) is 3. The van der Waals surface area contributed by atoms with Crippen LogP contribution in [-0.2, 0) is 14.6 Å². The van der Waals surface area contributed by atoms with Crippen LogP contribution in [0.1, 0.15) is 16.9 Å². The van der Waals surface area contributed by atoms with Gasteiger partial charge >= 0.3 is 11.7 Å². The molecule has 10 heteroatoms. The first kappa shape index (κ1) is 15.0. The highest BCUT2D eigenvalue weighted by Crippen LogP contribution is 1.99. The summed E-state index contributed by atoms with van der Waals surface area (Å²) in [4.78, 5) is 37.6. The Kier molecular flexibility index (Phi) is 4.48. The molecule has 1 aromatic rings. The van der Waals surface area contributed by atoms with Crippen LogP contribution in [-0.4, -0.2) is 53.4 Å². The molecule has 9 nitrogen and oxygen atoms in total. The molecule has 4 N–H and O–H groups in total. The van der Waals surface area contributed by atoms with Crippen molar-refractivity contribution in [2.24, 2.45) is 0 Å². The van der Waals surface area contributed by atoms with Crippen molar-refractivity contribution in [3.05, 3.63) is 22.4 Å². The molecule has 0 spiro atoms. The van der Waals surface area contributed by atoms with Gasteiger partial charge < -0.3 is 20.4 Å². The molecule has 0 aliphatic carbocycles. The van der Waals surface area contributed by atoms with Crippen molar-refractivity contribution < 1.29 is 23.1 Å². The lowest BCUT2D eigenvalue weighted by Crippen LogP contribution is -2.42. The van der Waals surface area contributed by atoms with Gasteiger partial charge in [-0.3, -0.25) is 4.79 Å². The predicted molar refractivity (Wildman–Crippen MR) is 64.6 cm³/mol. The lowest BCUT2D eigenvalue weighted by molar-refractivity contribution is -0.139. The fourth-order valence-corrected chi connectivity index (χ4v) is 1.94. The number of sulfone groups is 1. The number of imidazole rings is 1. The van der Waals surface area contributed by atoms with Crippen LogP contribution in [0.15, 0.2) is 11.0 Å². The summed E-state index contributed by atoms with van der Waals surface area (Å²) in [7, 11) is -3.33. The molecular formula is C9H13N3O6S. The van der Waals surface area contributed by atoms with E-state index in [1.54, 1.807) is 0 Å². The Balaban J connectivity index is 2.71. The van der Waals surface area contributed by atoms with Crippen molar-refractivity contribution >= 4 is 21.7 Å². The summed E-state index contributed by atoms with van der Waals surface area (Å²) in [6, 6.07) is -1.35. The summed E-state index contributed by atoms with van der Waals surface area (Å²) in [5.41, 5.74) is -0.733. The van der Waals surface area contributed by atoms with E-state index in [1.165, 1.54) is 0 Å². The maximum Gasteiger partial charge on any atom is 0.326 e. The second-order valence-electron chi connectivity index (χ2n) is 3.94. The first-order valence-electron chi connectivity index (χ1n) is 5.18. The smallest absolute Gasteiger partial charge is 0.326 e. The van der Waals surface area contributed by atoms with Gasteiger partial charge in [-0.25, -0.2) is 18.0 Å². The molecule has 1 atom stereocenters.